The number of hydrogen-bond acceptors (Lipinski definition) is 5. The minimum absolute atomic E-state index is 0.137. The summed E-state index contributed by atoms with van der Waals surface area (Å²) >= 11 is 11.8. The molecule has 0 bridgehead atoms. The van der Waals surface area contributed by atoms with E-state index in [9.17, 15) is 0 Å². The first-order chi connectivity index (χ1) is 10.5. The smallest absolute Gasteiger partial charge is 0.232 e. The maximum absolute atomic E-state index is 5.99. The molecule has 5 nitrogen and oxygen atoms in total. The summed E-state index contributed by atoms with van der Waals surface area (Å²) in [6.45, 7) is 7.02. The van der Waals surface area contributed by atoms with Gasteiger partial charge in [-0.25, -0.2) is 15.0 Å². The molecule has 22 heavy (non-hydrogen) atoms. The van der Waals surface area contributed by atoms with Crippen LogP contribution in [0.25, 0.3) is 0 Å². The molecule has 2 aromatic rings. The Morgan fingerprint density at radius 1 is 1.23 bits per heavy atom. The lowest BCUT2D eigenvalue weighted by molar-refractivity contribution is 0.296. The van der Waals surface area contributed by atoms with Gasteiger partial charge in [0.05, 0.1) is 5.02 Å². The molecule has 1 atom stereocenters. The van der Waals surface area contributed by atoms with E-state index in [1.807, 2.05) is 20.0 Å². The van der Waals surface area contributed by atoms with Crippen molar-refractivity contribution in [2.75, 3.05) is 13.2 Å². The van der Waals surface area contributed by atoms with Crippen LogP contribution in [-0.4, -0.2) is 28.1 Å². The van der Waals surface area contributed by atoms with E-state index in [2.05, 4.69) is 27.2 Å². The van der Waals surface area contributed by atoms with Gasteiger partial charge in [0.25, 0.3) is 0 Å². The lowest BCUT2D eigenvalue weighted by atomic mass is 10.1. The van der Waals surface area contributed by atoms with Gasteiger partial charge in [0.2, 0.25) is 5.88 Å². The Balaban J connectivity index is 1.83. The van der Waals surface area contributed by atoms with Gasteiger partial charge in [0.1, 0.15) is 17.5 Å². The molecule has 0 radical (unpaired) electrons. The Hall–Kier alpha value is -1.43. The van der Waals surface area contributed by atoms with Crippen LogP contribution in [0.5, 0.6) is 5.88 Å². The Bertz CT molecular complexity index is 651. The van der Waals surface area contributed by atoms with Crippen molar-refractivity contribution in [3.8, 4) is 5.88 Å². The first-order valence-electron chi connectivity index (χ1n) is 6.94. The monoisotopic (exact) mass is 340 g/mol. The second-order valence-electron chi connectivity index (χ2n) is 4.92. The van der Waals surface area contributed by atoms with Gasteiger partial charge in [-0.3, -0.25) is 0 Å². The molecule has 7 heteroatoms. The van der Waals surface area contributed by atoms with E-state index < -0.39 is 0 Å². The Morgan fingerprint density at radius 3 is 2.68 bits per heavy atom. The van der Waals surface area contributed by atoms with Crippen LogP contribution in [-0.2, 0) is 0 Å². The van der Waals surface area contributed by atoms with Gasteiger partial charge in [-0.05, 0) is 26.8 Å². The van der Waals surface area contributed by atoms with Gasteiger partial charge in [-0.1, -0.05) is 23.2 Å². The van der Waals surface area contributed by atoms with E-state index in [1.54, 1.807) is 6.07 Å². The third-order valence-electron chi connectivity index (χ3n) is 3.17. The minimum atomic E-state index is 0.137. The van der Waals surface area contributed by atoms with Gasteiger partial charge < -0.3 is 10.1 Å². The van der Waals surface area contributed by atoms with Crippen LogP contribution in [0.4, 0.5) is 0 Å². The van der Waals surface area contributed by atoms with Gasteiger partial charge >= 0.3 is 0 Å². The topological polar surface area (TPSA) is 59.9 Å². The molecule has 0 aromatic carbocycles. The van der Waals surface area contributed by atoms with Crippen LogP contribution in [0.2, 0.25) is 10.0 Å². The summed E-state index contributed by atoms with van der Waals surface area (Å²) in [5.74, 6) is 1.16. The Kier molecular flexibility index (Phi) is 5.94. The summed E-state index contributed by atoms with van der Waals surface area (Å²) in [5.41, 5.74) is 2.06. The highest BCUT2D eigenvalue weighted by molar-refractivity contribution is 6.35. The molecule has 0 aliphatic heterocycles. The van der Waals surface area contributed by atoms with Crippen molar-refractivity contribution in [3.05, 3.63) is 45.6 Å². The molecule has 118 valence electrons. The zero-order valence-corrected chi connectivity index (χ0v) is 14.2. The molecule has 2 aromatic heterocycles. The van der Waals surface area contributed by atoms with Gasteiger partial charge in [-0.15, -0.1) is 0 Å². The molecule has 0 saturated heterocycles. The number of pyridine rings is 1. The molecular weight excluding hydrogens is 323 g/mol. The number of nitrogens with zero attached hydrogens (tertiary/aromatic N) is 3. The fourth-order valence-corrected chi connectivity index (χ4v) is 2.49. The second-order valence-corrected chi connectivity index (χ2v) is 5.77. The number of rotatable bonds is 6. The van der Waals surface area contributed by atoms with Gasteiger partial charge in [-0.2, -0.15) is 0 Å². The van der Waals surface area contributed by atoms with Crippen molar-refractivity contribution in [1.29, 1.82) is 0 Å². The highest BCUT2D eigenvalue weighted by atomic mass is 35.5. The van der Waals surface area contributed by atoms with Gasteiger partial charge in [0, 0.05) is 36.2 Å². The fourth-order valence-electron chi connectivity index (χ4n) is 2.06. The zero-order chi connectivity index (χ0) is 16.1. The average Bonchev–Trinajstić information content (AvgIpc) is 2.45. The van der Waals surface area contributed by atoms with Crippen LogP contribution in [0.15, 0.2) is 18.5 Å². The van der Waals surface area contributed by atoms with E-state index in [0.717, 1.165) is 17.1 Å². The predicted molar refractivity (Wildman–Crippen MR) is 87.7 cm³/mol. The summed E-state index contributed by atoms with van der Waals surface area (Å²) in [4.78, 5) is 12.6. The van der Waals surface area contributed by atoms with Crippen molar-refractivity contribution in [3.63, 3.8) is 0 Å². The summed E-state index contributed by atoms with van der Waals surface area (Å²) in [7, 11) is 0. The van der Waals surface area contributed by atoms with E-state index in [0.29, 0.717) is 29.1 Å². The van der Waals surface area contributed by atoms with E-state index in [4.69, 9.17) is 27.9 Å². The zero-order valence-electron chi connectivity index (χ0n) is 12.7. The lowest BCUT2D eigenvalue weighted by Gasteiger charge is -2.16. The van der Waals surface area contributed by atoms with Crippen LogP contribution in [0.3, 0.4) is 0 Å². The summed E-state index contributed by atoms with van der Waals surface area (Å²) in [6.07, 6.45) is 3.36. The average molecular weight is 341 g/mol. The van der Waals surface area contributed by atoms with E-state index in [1.165, 1.54) is 6.20 Å². The second kappa shape index (κ2) is 7.72. The lowest BCUT2D eigenvalue weighted by Crippen LogP contribution is -2.25. The standard InChI is InChI=1S/C15H18Cl2N4O/c1-9(13-8-19-11(3)21-10(13)2)18-4-5-22-15-14(17)6-12(16)7-20-15/h6-9,18H,4-5H2,1-3H3/t9-/m0/s1. The fraction of sp³-hybridized carbons (Fsp3) is 0.400. The van der Waals surface area contributed by atoms with Crippen molar-refractivity contribution < 1.29 is 4.74 Å². The molecule has 2 heterocycles. The number of aryl methyl sites for hydroxylation is 2. The molecule has 0 saturated carbocycles. The number of halogens is 2. The highest BCUT2D eigenvalue weighted by Crippen LogP contribution is 2.24. The summed E-state index contributed by atoms with van der Waals surface area (Å²) in [5, 5.41) is 4.25. The molecular formula is C15H18Cl2N4O. The van der Waals surface area contributed by atoms with E-state index in [-0.39, 0.29) is 6.04 Å². The predicted octanol–water partition coefficient (Wildman–Crippen LogP) is 3.52. The van der Waals surface area contributed by atoms with Crippen LogP contribution >= 0.6 is 23.2 Å². The van der Waals surface area contributed by atoms with E-state index >= 15 is 0 Å². The first kappa shape index (κ1) is 16.9. The molecule has 1 N–H and O–H groups in total. The number of hydrogen-bond donors (Lipinski definition) is 1. The molecule has 2 rings (SSSR count). The largest absolute Gasteiger partial charge is 0.475 e. The molecule has 0 aliphatic rings. The van der Waals surface area contributed by atoms with Crippen molar-refractivity contribution in [1.82, 2.24) is 20.3 Å². The SMILES string of the molecule is Cc1ncc([C@H](C)NCCOc2ncc(Cl)cc2Cl)c(C)n1. The quantitative estimate of drug-likeness (QED) is 0.815. The van der Waals surface area contributed by atoms with Crippen molar-refractivity contribution in [2.24, 2.45) is 0 Å². The highest BCUT2D eigenvalue weighted by Gasteiger charge is 2.10. The Labute approximate surface area is 140 Å². The molecule has 0 fully saturated rings. The van der Waals surface area contributed by atoms with Gasteiger partial charge in [0.15, 0.2) is 0 Å². The number of ether oxygens (including phenoxy) is 1. The molecule has 0 aliphatic carbocycles. The van der Waals surface area contributed by atoms with Crippen molar-refractivity contribution >= 4 is 23.2 Å². The maximum Gasteiger partial charge on any atom is 0.232 e. The van der Waals surface area contributed by atoms with Crippen LogP contribution < -0.4 is 10.1 Å². The number of aromatic nitrogens is 3. The molecule has 0 amide bonds. The van der Waals surface area contributed by atoms with Crippen LogP contribution in [0, 0.1) is 13.8 Å². The Morgan fingerprint density at radius 2 is 2.00 bits per heavy atom. The third kappa shape index (κ3) is 4.53. The first-order valence-corrected chi connectivity index (χ1v) is 7.70. The molecule has 0 spiro atoms. The molecule has 0 unspecified atom stereocenters. The summed E-state index contributed by atoms with van der Waals surface area (Å²) < 4.78 is 5.53. The minimum Gasteiger partial charge on any atom is -0.475 e. The maximum atomic E-state index is 5.99. The number of nitrogens with one attached hydrogen (secondary N) is 1. The van der Waals surface area contributed by atoms with Crippen molar-refractivity contribution in [2.45, 2.75) is 26.8 Å². The summed E-state index contributed by atoms with van der Waals surface area (Å²) in [6, 6.07) is 1.74. The van der Waals surface area contributed by atoms with Crippen LogP contribution in [0.1, 0.15) is 30.0 Å². The normalized spacial score (nSPS) is 12.2. The third-order valence-corrected chi connectivity index (χ3v) is 3.65.